The van der Waals surface area contributed by atoms with E-state index < -0.39 is 5.54 Å². The van der Waals surface area contributed by atoms with Gasteiger partial charge in [0, 0.05) is 13.1 Å². The van der Waals surface area contributed by atoms with E-state index in [1.807, 2.05) is 4.90 Å². The van der Waals surface area contributed by atoms with E-state index in [0.29, 0.717) is 0 Å². The van der Waals surface area contributed by atoms with Crippen molar-refractivity contribution < 1.29 is 4.79 Å². The molecule has 1 aliphatic carbocycles. The molecular weight excluding hydrogens is 152 g/mol. The minimum Gasteiger partial charge on any atom is -0.341 e. The standard InChI is InChI=1S/C9H15N2O/c10-9(4-5-9)8(12)11-6-2-1-3-7-11/h10H,1-7H2. The second kappa shape index (κ2) is 2.73. The number of amides is 1. The molecule has 0 aromatic carbocycles. The fraction of sp³-hybridized carbons (Fsp3) is 0.889. The molecule has 0 atom stereocenters. The Bertz CT molecular complexity index is 193. The van der Waals surface area contributed by atoms with E-state index in [0.717, 1.165) is 38.8 Å². The van der Waals surface area contributed by atoms with E-state index in [1.165, 1.54) is 6.42 Å². The summed E-state index contributed by atoms with van der Waals surface area (Å²) in [7, 11) is 0. The maximum Gasteiger partial charge on any atom is 0.244 e. The molecule has 3 heteroatoms. The molecule has 1 amide bonds. The van der Waals surface area contributed by atoms with E-state index in [4.69, 9.17) is 5.73 Å². The maximum absolute atomic E-state index is 11.6. The summed E-state index contributed by atoms with van der Waals surface area (Å²) >= 11 is 0. The SMILES string of the molecule is [NH]C1(C(=O)N2CCCCC2)CC1. The number of nitrogens with one attached hydrogen (secondary N) is 1. The average molecular weight is 167 g/mol. The lowest BCUT2D eigenvalue weighted by atomic mass is 10.1. The van der Waals surface area contributed by atoms with Gasteiger partial charge in [-0.05, 0) is 32.1 Å². The van der Waals surface area contributed by atoms with Crippen LogP contribution in [0, 0.1) is 0 Å². The molecule has 0 aromatic rings. The van der Waals surface area contributed by atoms with Gasteiger partial charge in [0.1, 0.15) is 5.54 Å². The van der Waals surface area contributed by atoms with Crippen LogP contribution in [0.1, 0.15) is 32.1 Å². The van der Waals surface area contributed by atoms with Crippen molar-refractivity contribution in [1.29, 1.82) is 0 Å². The van der Waals surface area contributed by atoms with Crippen LogP contribution in [0.2, 0.25) is 0 Å². The summed E-state index contributed by atoms with van der Waals surface area (Å²) in [5, 5.41) is 0. The Balaban J connectivity index is 1.94. The van der Waals surface area contributed by atoms with Crippen molar-refractivity contribution in [3.05, 3.63) is 0 Å². The zero-order chi connectivity index (χ0) is 8.60. The van der Waals surface area contributed by atoms with Gasteiger partial charge in [0.2, 0.25) is 5.91 Å². The first-order valence-corrected chi connectivity index (χ1v) is 4.77. The van der Waals surface area contributed by atoms with E-state index in [9.17, 15) is 4.79 Å². The molecule has 1 aliphatic heterocycles. The second-order valence-electron chi connectivity index (χ2n) is 3.93. The molecule has 2 rings (SSSR count). The largest absolute Gasteiger partial charge is 0.341 e. The average Bonchev–Trinajstić information content (AvgIpc) is 2.85. The molecule has 1 saturated heterocycles. The van der Waals surface area contributed by atoms with E-state index in [1.54, 1.807) is 0 Å². The Labute approximate surface area is 72.9 Å². The van der Waals surface area contributed by atoms with Crippen LogP contribution in [0.5, 0.6) is 0 Å². The third kappa shape index (κ3) is 1.33. The van der Waals surface area contributed by atoms with Crippen molar-refractivity contribution in [2.24, 2.45) is 0 Å². The van der Waals surface area contributed by atoms with Crippen molar-refractivity contribution in [3.8, 4) is 0 Å². The minimum atomic E-state index is -0.697. The second-order valence-corrected chi connectivity index (χ2v) is 3.93. The van der Waals surface area contributed by atoms with Gasteiger partial charge in [-0.3, -0.25) is 4.79 Å². The summed E-state index contributed by atoms with van der Waals surface area (Å²) in [6, 6.07) is 0. The zero-order valence-corrected chi connectivity index (χ0v) is 7.31. The molecule has 0 spiro atoms. The quantitative estimate of drug-likeness (QED) is 0.570. The monoisotopic (exact) mass is 167 g/mol. The van der Waals surface area contributed by atoms with Gasteiger partial charge in [-0.15, -0.1) is 0 Å². The van der Waals surface area contributed by atoms with Gasteiger partial charge in [-0.25, -0.2) is 5.73 Å². The topological polar surface area (TPSA) is 44.1 Å². The van der Waals surface area contributed by atoms with E-state index in [2.05, 4.69) is 0 Å². The molecule has 0 aromatic heterocycles. The highest BCUT2D eigenvalue weighted by Gasteiger charge is 2.49. The van der Waals surface area contributed by atoms with Crippen LogP contribution in [0.25, 0.3) is 0 Å². The number of piperidine rings is 1. The van der Waals surface area contributed by atoms with E-state index >= 15 is 0 Å². The number of carbonyl (C=O) groups excluding carboxylic acids is 1. The van der Waals surface area contributed by atoms with Gasteiger partial charge in [-0.2, -0.15) is 0 Å². The van der Waals surface area contributed by atoms with Crippen LogP contribution in [-0.4, -0.2) is 29.4 Å². The number of carbonyl (C=O) groups is 1. The fourth-order valence-corrected chi connectivity index (χ4v) is 1.74. The number of likely N-dealkylation sites (tertiary alicyclic amines) is 1. The molecule has 2 fully saturated rings. The van der Waals surface area contributed by atoms with Gasteiger partial charge in [0.15, 0.2) is 0 Å². The summed E-state index contributed by atoms with van der Waals surface area (Å²) in [5.74, 6) is 0.0854. The van der Waals surface area contributed by atoms with Crippen LogP contribution >= 0.6 is 0 Å². The Kier molecular flexibility index (Phi) is 1.83. The molecule has 12 heavy (non-hydrogen) atoms. The van der Waals surface area contributed by atoms with Crippen molar-refractivity contribution in [1.82, 2.24) is 10.6 Å². The first kappa shape index (κ1) is 8.05. The minimum absolute atomic E-state index is 0.0854. The van der Waals surface area contributed by atoms with Crippen molar-refractivity contribution in [2.75, 3.05) is 13.1 Å². The maximum atomic E-state index is 11.6. The van der Waals surface area contributed by atoms with Crippen molar-refractivity contribution in [3.63, 3.8) is 0 Å². The Morgan fingerprint density at radius 3 is 2.25 bits per heavy atom. The summed E-state index contributed by atoms with van der Waals surface area (Å²) in [6.45, 7) is 1.78. The predicted octanol–water partition coefficient (Wildman–Crippen LogP) is 0.814. The van der Waals surface area contributed by atoms with Crippen molar-refractivity contribution >= 4 is 5.91 Å². The Morgan fingerprint density at radius 1 is 1.17 bits per heavy atom. The summed E-state index contributed by atoms with van der Waals surface area (Å²) < 4.78 is 0. The van der Waals surface area contributed by atoms with Crippen LogP contribution in [0.3, 0.4) is 0 Å². The lowest BCUT2D eigenvalue weighted by Crippen LogP contribution is -2.44. The molecule has 1 N–H and O–H groups in total. The molecule has 0 bridgehead atoms. The highest BCUT2D eigenvalue weighted by molar-refractivity contribution is 5.88. The van der Waals surface area contributed by atoms with Crippen LogP contribution in [0.15, 0.2) is 0 Å². The smallest absolute Gasteiger partial charge is 0.244 e. The molecule has 1 heterocycles. The lowest BCUT2D eigenvalue weighted by Gasteiger charge is -2.28. The van der Waals surface area contributed by atoms with Crippen LogP contribution < -0.4 is 5.73 Å². The van der Waals surface area contributed by atoms with Gasteiger partial charge in [0.25, 0.3) is 0 Å². The lowest BCUT2D eigenvalue weighted by molar-refractivity contribution is -0.134. The highest BCUT2D eigenvalue weighted by atomic mass is 16.2. The van der Waals surface area contributed by atoms with Gasteiger partial charge < -0.3 is 4.90 Å². The molecule has 67 valence electrons. The summed E-state index contributed by atoms with van der Waals surface area (Å²) in [4.78, 5) is 13.5. The molecule has 3 nitrogen and oxygen atoms in total. The predicted molar refractivity (Wildman–Crippen MR) is 45.5 cm³/mol. The number of rotatable bonds is 1. The number of hydrogen-bond donors (Lipinski definition) is 0. The van der Waals surface area contributed by atoms with Crippen LogP contribution in [-0.2, 0) is 4.79 Å². The molecular formula is C9H15N2O. The number of nitrogens with zero attached hydrogens (tertiary/aromatic N) is 1. The van der Waals surface area contributed by atoms with Gasteiger partial charge >= 0.3 is 0 Å². The normalized spacial score (nSPS) is 26.9. The number of hydrogen-bond acceptors (Lipinski definition) is 1. The molecule has 0 unspecified atom stereocenters. The molecule has 1 radical (unpaired) electrons. The third-order valence-corrected chi connectivity index (χ3v) is 2.80. The third-order valence-electron chi connectivity index (χ3n) is 2.80. The Hall–Kier alpha value is -0.570. The van der Waals surface area contributed by atoms with E-state index in [-0.39, 0.29) is 5.91 Å². The first-order chi connectivity index (χ1) is 5.72. The Morgan fingerprint density at radius 2 is 1.75 bits per heavy atom. The van der Waals surface area contributed by atoms with Gasteiger partial charge in [0.05, 0.1) is 0 Å². The molecule has 2 aliphatic rings. The summed E-state index contributed by atoms with van der Waals surface area (Å²) in [5.41, 5.74) is 7.00. The zero-order valence-electron chi connectivity index (χ0n) is 7.31. The fourth-order valence-electron chi connectivity index (χ4n) is 1.74. The van der Waals surface area contributed by atoms with Gasteiger partial charge in [-0.1, -0.05) is 0 Å². The highest BCUT2D eigenvalue weighted by Crippen LogP contribution is 2.36. The summed E-state index contributed by atoms with van der Waals surface area (Å²) in [6.07, 6.45) is 5.06. The first-order valence-electron chi connectivity index (χ1n) is 4.77. The molecule has 1 saturated carbocycles. The van der Waals surface area contributed by atoms with Crippen molar-refractivity contribution in [2.45, 2.75) is 37.6 Å². The van der Waals surface area contributed by atoms with Crippen LogP contribution in [0.4, 0.5) is 0 Å².